The second-order valence-corrected chi connectivity index (χ2v) is 8.17. The van der Waals surface area contributed by atoms with Gasteiger partial charge in [0.25, 0.3) is 0 Å². The fourth-order valence-electron chi connectivity index (χ4n) is 2.07. The van der Waals surface area contributed by atoms with Gasteiger partial charge in [0, 0.05) is 32.9 Å². The molecular formula is C21H20Cl3NO4. The molecule has 2 rings (SSSR count). The van der Waals surface area contributed by atoms with E-state index >= 15 is 0 Å². The summed E-state index contributed by atoms with van der Waals surface area (Å²) in [7, 11) is 0. The molecular weight excluding hydrogens is 437 g/mol. The van der Waals surface area contributed by atoms with Crippen molar-refractivity contribution in [3.63, 3.8) is 0 Å². The zero-order valence-electron chi connectivity index (χ0n) is 16.3. The van der Waals surface area contributed by atoms with Gasteiger partial charge in [-0.25, -0.2) is 0 Å². The minimum Gasteiger partial charge on any atom is -0.422 e. The van der Waals surface area contributed by atoms with Crippen LogP contribution in [0, 0.1) is 11.8 Å². The number of esters is 2. The summed E-state index contributed by atoms with van der Waals surface area (Å²) in [5.74, 6) is -1.66. The van der Waals surface area contributed by atoms with E-state index in [4.69, 9.17) is 44.3 Å². The first-order chi connectivity index (χ1) is 13.6. The van der Waals surface area contributed by atoms with Crippen LogP contribution >= 0.6 is 34.8 Å². The molecule has 0 aliphatic heterocycles. The predicted octanol–water partition coefficient (Wildman–Crippen LogP) is 6.52. The molecule has 0 aliphatic rings. The van der Waals surface area contributed by atoms with Gasteiger partial charge in [-0.15, -0.1) is 0 Å². The van der Waals surface area contributed by atoms with Crippen LogP contribution in [-0.2, 0) is 9.59 Å². The molecule has 0 unspecified atom stereocenters. The van der Waals surface area contributed by atoms with Gasteiger partial charge in [0.15, 0.2) is 11.5 Å². The molecule has 0 radical (unpaired) electrons. The fraction of sp³-hybridized carbons (Fsp3) is 0.286. The molecule has 29 heavy (non-hydrogen) atoms. The molecule has 8 heteroatoms. The van der Waals surface area contributed by atoms with Crippen molar-refractivity contribution >= 4 is 58.6 Å². The standard InChI is InChI=1S/C21H20Cl3NO4/c1-11(2)20(26)28-18-9-14(22)5-13(19(18)29-21(27)12(3)4)10-25-17-7-15(23)6-16(24)8-17/h5-12H,1-4H3. The third-order valence-corrected chi connectivity index (χ3v) is 4.26. The highest BCUT2D eigenvalue weighted by Crippen LogP contribution is 2.36. The molecule has 2 aromatic carbocycles. The molecule has 2 aromatic rings. The lowest BCUT2D eigenvalue weighted by Gasteiger charge is -2.15. The Bertz CT molecular complexity index is 935. The number of aliphatic imine (C=N–C) groups is 1. The first-order valence-electron chi connectivity index (χ1n) is 8.84. The van der Waals surface area contributed by atoms with Gasteiger partial charge in [0.1, 0.15) is 0 Å². The summed E-state index contributed by atoms with van der Waals surface area (Å²) in [5.41, 5.74) is 0.846. The van der Waals surface area contributed by atoms with Crippen molar-refractivity contribution in [3.8, 4) is 11.5 Å². The quantitative estimate of drug-likeness (QED) is 0.282. The predicted molar refractivity (Wildman–Crippen MR) is 116 cm³/mol. The molecule has 0 bridgehead atoms. The average molecular weight is 457 g/mol. The Morgan fingerprint density at radius 3 is 1.90 bits per heavy atom. The zero-order valence-corrected chi connectivity index (χ0v) is 18.6. The number of carbonyl (C=O) groups is 2. The number of ether oxygens (including phenoxy) is 2. The monoisotopic (exact) mass is 455 g/mol. The van der Waals surface area contributed by atoms with Gasteiger partial charge >= 0.3 is 11.9 Å². The summed E-state index contributed by atoms with van der Waals surface area (Å²) in [5, 5.41) is 1.13. The van der Waals surface area contributed by atoms with E-state index in [-0.39, 0.29) is 22.4 Å². The molecule has 0 spiro atoms. The minimum absolute atomic E-state index is 0.0378. The maximum atomic E-state index is 12.2. The normalized spacial score (nSPS) is 11.3. The van der Waals surface area contributed by atoms with Crippen molar-refractivity contribution in [1.29, 1.82) is 0 Å². The van der Waals surface area contributed by atoms with Crippen LogP contribution in [0.1, 0.15) is 33.3 Å². The highest BCUT2D eigenvalue weighted by Gasteiger charge is 2.21. The molecule has 0 amide bonds. The highest BCUT2D eigenvalue weighted by atomic mass is 35.5. The third kappa shape index (κ3) is 6.74. The Labute approximate surface area is 184 Å². The Morgan fingerprint density at radius 2 is 1.34 bits per heavy atom. The smallest absolute Gasteiger partial charge is 0.313 e. The average Bonchev–Trinajstić information content (AvgIpc) is 2.61. The van der Waals surface area contributed by atoms with Crippen LogP contribution in [0.15, 0.2) is 35.3 Å². The number of rotatable bonds is 6. The van der Waals surface area contributed by atoms with E-state index in [1.54, 1.807) is 52.0 Å². The highest BCUT2D eigenvalue weighted by molar-refractivity contribution is 6.35. The lowest BCUT2D eigenvalue weighted by Crippen LogP contribution is -2.19. The largest absolute Gasteiger partial charge is 0.422 e. The van der Waals surface area contributed by atoms with Gasteiger partial charge < -0.3 is 9.47 Å². The number of hydrogen-bond donors (Lipinski definition) is 0. The summed E-state index contributed by atoms with van der Waals surface area (Å²) in [6.45, 7) is 6.77. The zero-order chi connectivity index (χ0) is 21.7. The topological polar surface area (TPSA) is 65.0 Å². The molecule has 154 valence electrons. The van der Waals surface area contributed by atoms with Crippen molar-refractivity contribution in [2.24, 2.45) is 16.8 Å². The molecule has 0 saturated heterocycles. The molecule has 0 N–H and O–H groups in total. The van der Waals surface area contributed by atoms with E-state index in [0.717, 1.165) is 0 Å². The van der Waals surface area contributed by atoms with Gasteiger partial charge in [0.2, 0.25) is 0 Å². The summed E-state index contributed by atoms with van der Waals surface area (Å²) >= 11 is 18.2. The SMILES string of the molecule is CC(C)C(=O)Oc1cc(Cl)cc(C=Nc2cc(Cl)cc(Cl)c2)c1OC(=O)C(C)C. The number of halogens is 3. The Kier molecular flexibility index (Phi) is 8.08. The molecule has 0 aromatic heterocycles. The number of hydrogen-bond acceptors (Lipinski definition) is 5. The minimum atomic E-state index is -0.491. The Balaban J connectivity index is 2.53. The van der Waals surface area contributed by atoms with Gasteiger partial charge in [-0.05, 0) is 24.3 Å². The second-order valence-electron chi connectivity index (χ2n) is 6.86. The van der Waals surface area contributed by atoms with Crippen LogP contribution in [0.5, 0.6) is 11.5 Å². The molecule has 0 saturated carbocycles. The summed E-state index contributed by atoms with van der Waals surface area (Å²) in [6.07, 6.45) is 1.43. The van der Waals surface area contributed by atoms with Crippen LogP contribution in [0.3, 0.4) is 0 Å². The lowest BCUT2D eigenvalue weighted by molar-refractivity contribution is -0.140. The van der Waals surface area contributed by atoms with Crippen LogP contribution in [0.25, 0.3) is 0 Å². The van der Waals surface area contributed by atoms with Gasteiger partial charge in [-0.3, -0.25) is 14.6 Å². The number of benzene rings is 2. The molecule has 0 heterocycles. The van der Waals surface area contributed by atoms with E-state index in [1.165, 1.54) is 12.3 Å². The lowest BCUT2D eigenvalue weighted by atomic mass is 10.1. The van der Waals surface area contributed by atoms with Crippen molar-refractivity contribution in [1.82, 2.24) is 0 Å². The second kappa shape index (κ2) is 10.1. The van der Waals surface area contributed by atoms with Crippen LogP contribution in [0.2, 0.25) is 15.1 Å². The van der Waals surface area contributed by atoms with Crippen LogP contribution in [-0.4, -0.2) is 18.2 Å². The molecule has 0 atom stereocenters. The molecule has 0 aliphatic carbocycles. The summed E-state index contributed by atoms with van der Waals surface area (Å²) in [4.78, 5) is 28.6. The van der Waals surface area contributed by atoms with Crippen molar-refractivity contribution in [3.05, 3.63) is 51.0 Å². The summed E-state index contributed by atoms with van der Waals surface area (Å²) in [6, 6.07) is 7.79. The van der Waals surface area contributed by atoms with Crippen LogP contribution in [0.4, 0.5) is 5.69 Å². The summed E-state index contributed by atoms with van der Waals surface area (Å²) < 4.78 is 10.9. The third-order valence-electron chi connectivity index (χ3n) is 3.60. The van der Waals surface area contributed by atoms with Gasteiger partial charge in [0.05, 0.1) is 17.5 Å². The molecule has 5 nitrogen and oxygen atoms in total. The van der Waals surface area contributed by atoms with E-state index in [2.05, 4.69) is 4.99 Å². The van der Waals surface area contributed by atoms with Gasteiger partial charge in [-0.1, -0.05) is 62.5 Å². The van der Waals surface area contributed by atoms with Crippen LogP contribution < -0.4 is 9.47 Å². The van der Waals surface area contributed by atoms with Gasteiger partial charge in [-0.2, -0.15) is 0 Å². The Hall–Kier alpha value is -2.08. The van der Waals surface area contributed by atoms with Crippen molar-refractivity contribution in [2.75, 3.05) is 0 Å². The number of carbonyl (C=O) groups excluding carboxylic acids is 2. The maximum absolute atomic E-state index is 12.2. The molecule has 0 fully saturated rings. The first kappa shape index (κ1) is 23.2. The van der Waals surface area contributed by atoms with E-state index < -0.39 is 17.9 Å². The van der Waals surface area contributed by atoms with E-state index in [1.807, 2.05) is 0 Å². The van der Waals surface area contributed by atoms with E-state index in [9.17, 15) is 9.59 Å². The number of nitrogens with zero attached hydrogens (tertiary/aromatic N) is 1. The van der Waals surface area contributed by atoms with Crippen molar-refractivity contribution < 1.29 is 19.1 Å². The van der Waals surface area contributed by atoms with Crippen molar-refractivity contribution in [2.45, 2.75) is 27.7 Å². The fourth-order valence-corrected chi connectivity index (χ4v) is 2.80. The Morgan fingerprint density at radius 1 is 0.828 bits per heavy atom. The van der Waals surface area contributed by atoms with E-state index in [0.29, 0.717) is 21.3 Å². The first-order valence-corrected chi connectivity index (χ1v) is 9.97. The maximum Gasteiger partial charge on any atom is 0.313 e.